The Kier molecular flexibility index (Phi) is 5.18. The lowest BCUT2D eigenvalue weighted by atomic mass is 10.0. The van der Waals surface area contributed by atoms with Crippen LogP contribution in [0.15, 0.2) is 46.9 Å². The summed E-state index contributed by atoms with van der Waals surface area (Å²) in [5, 5.41) is 15.1. The highest BCUT2D eigenvalue weighted by Gasteiger charge is 2.24. The minimum absolute atomic E-state index is 0.170. The van der Waals surface area contributed by atoms with Crippen LogP contribution in [-0.2, 0) is 6.42 Å². The van der Waals surface area contributed by atoms with Gasteiger partial charge in [-0.3, -0.25) is 0 Å². The summed E-state index contributed by atoms with van der Waals surface area (Å²) in [7, 11) is 0. The largest absolute Gasteiger partial charge is 0.478 e. The number of carboxylic acid groups (broad SMARTS) is 1. The zero-order valence-electron chi connectivity index (χ0n) is 13.1. The van der Waals surface area contributed by atoms with Crippen LogP contribution >= 0.6 is 39.1 Å². The Morgan fingerprint density at radius 2 is 1.84 bits per heavy atom. The van der Waals surface area contributed by atoms with Crippen molar-refractivity contribution >= 4 is 45.1 Å². The molecule has 1 N–H and O–H groups in total. The second-order valence-corrected chi connectivity index (χ2v) is 7.08. The second-order valence-electron chi connectivity index (χ2n) is 5.35. The Labute approximate surface area is 163 Å². The second kappa shape index (κ2) is 7.20. The third kappa shape index (κ3) is 3.45. The molecule has 0 aliphatic heterocycles. The number of hydrogen-bond acceptors (Lipinski definition) is 2. The molecule has 7 heteroatoms. The summed E-state index contributed by atoms with van der Waals surface area (Å²) in [6, 6.07) is 12.5. The van der Waals surface area contributed by atoms with Crippen molar-refractivity contribution in [2.24, 2.45) is 0 Å². The molecule has 0 amide bonds. The van der Waals surface area contributed by atoms with Gasteiger partial charge in [-0.1, -0.05) is 52.1 Å². The van der Waals surface area contributed by atoms with E-state index in [1.807, 2.05) is 31.2 Å². The van der Waals surface area contributed by atoms with E-state index in [9.17, 15) is 9.90 Å². The molecule has 1 aromatic heterocycles. The van der Waals surface area contributed by atoms with Crippen LogP contribution in [-0.4, -0.2) is 20.9 Å². The van der Waals surface area contributed by atoms with Crippen molar-refractivity contribution in [1.29, 1.82) is 0 Å². The average Bonchev–Trinajstić information content (AvgIpc) is 2.97. The third-order valence-corrected chi connectivity index (χ3v) is 5.06. The fraction of sp³-hybridized carbons (Fsp3) is 0.111. The third-order valence-electron chi connectivity index (χ3n) is 3.79. The van der Waals surface area contributed by atoms with Crippen molar-refractivity contribution in [3.05, 3.63) is 68.2 Å². The Bertz CT molecular complexity index is 952. The normalized spacial score (nSPS) is 10.9. The summed E-state index contributed by atoms with van der Waals surface area (Å²) < 4.78 is 2.60. The van der Waals surface area contributed by atoms with Crippen LogP contribution in [0.1, 0.15) is 23.0 Å². The van der Waals surface area contributed by atoms with E-state index in [4.69, 9.17) is 23.2 Å². The summed E-state index contributed by atoms with van der Waals surface area (Å²) in [5.74, 6) is -1.03. The first kappa shape index (κ1) is 18.0. The van der Waals surface area contributed by atoms with Gasteiger partial charge in [0.05, 0.1) is 21.4 Å². The van der Waals surface area contributed by atoms with Crippen LogP contribution in [0.5, 0.6) is 0 Å². The molecule has 0 aliphatic rings. The molecule has 0 saturated carbocycles. The van der Waals surface area contributed by atoms with E-state index in [1.165, 1.54) is 0 Å². The Hall–Kier alpha value is -1.82. The number of aromatic carboxylic acids is 1. The van der Waals surface area contributed by atoms with Crippen LogP contribution in [0, 0.1) is 0 Å². The zero-order valence-corrected chi connectivity index (χ0v) is 16.2. The number of halogens is 3. The lowest BCUT2D eigenvalue weighted by molar-refractivity contribution is 0.0696. The summed E-state index contributed by atoms with van der Waals surface area (Å²) in [6.45, 7) is 1.90. The van der Waals surface area contributed by atoms with Gasteiger partial charge in [-0.05, 0) is 42.8 Å². The first-order valence-electron chi connectivity index (χ1n) is 7.49. The molecular weight excluding hydrogens is 427 g/mol. The minimum Gasteiger partial charge on any atom is -0.478 e. The fourth-order valence-electron chi connectivity index (χ4n) is 2.65. The highest BCUT2D eigenvalue weighted by atomic mass is 79.9. The molecule has 4 nitrogen and oxygen atoms in total. The lowest BCUT2D eigenvalue weighted by Gasteiger charge is -2.06. The van der Waals surface area contributed by atoms with Crippen LogP contribution in [0.4, 0.5) is 0 Å². The van der Waals surface area contributed by atoms with Gasteiger partial charge in [0.1, 0.15) is 11.3 Å². The summed E-state index contributed by atoms with van der Waals surface area (Å²) in [6.07, 6.45) is 0.520. The van der Waals surface area contributed by atoms with Crippen molar-refractivity contribution in [3.8, 4) is 16.9 Å². The SMILES string of the molecule is CCc1c(C(=O)O)c(-c2ccc(Cl)c(Cl)c2)nn1-c1ccc(Br)cc1. The fourth-order valence-corrected chi connectivity index (χ4v) is 3.21. The topological polar surface area (TPSA) is 55.1 Å². The van der Waals surface area contributed by atoms with Gasteiger partial charge in [0.2, 0.25) is 0 Å². The van der Waals surface area contributed by atoms with Crippen molar-refractivity contribution < 1.29 is 9.90 Å². The molecule has 0 spiro atoms. The quantitative estimate of drug-likeness (QED) is 0.553. The van der Waals surface area contributed by atoms with E-state index >= 15 is 0 Å². The number of benzene rings is 2. The predicted octanol–water partition coefficient (Wildman–Crippen LogP) is 5.87. The van der Waals surface area contributed by atoms with Gasteiger partial charge < -0.3 is 5.11 Å². The van der Waals surface area contributed by atoms with Crippen LogP contribution in [0.2, 0.25) is 10.0 Å². The maximum Gasteiger partial charge on any atom is 0.339 e. The average molecular weight is 440 g/mol. The maximum atomic E-state index is 11.9. The molecule has 0 aliphatic carbocycles. The summed E-state index contributed by atoms with van der Waals surface area (Å²) >= 11 is 15.5. The van der Waals surface area contributed by atoms with E-state index in [1.54, 1.807) is 22.9 Å². The van der Waals surface area contributed by atoms with E-state index in [-0.39, 0.29) is 5.56 Å². The van der Waals surface area contributed by atoms with Gasteiger partial charge in [0.15, 0.2) is 0 Å². The number of hydrogen-bond donors (Lipinski definition) is 1. The van der Waals surface area contributed by atoms with Crippen LogP contribution < -0.4 is 0 Å². The van der Waals surface area contributed by atoms with Gasteiger partial charge >= 0.3 is 5.97 Å². The van der Waals surface area contributed by atoms with Gasteiger partial charge in [0.25, 0.3) is 0 Å². The van der Waals surface area contributed by atoms with Gasteiger partial charge in [0, 0.05) is 10.0 Å². The van der Waals surface area contributed by atoms with Crippen molar-refractivity contribution in [3.63, 3.8) is 0 Å². The zero-order chi connectivity index (χ0) is 18.1. The number of rotatable bonds is 4. The molecule has 0 bridgehead atoms. The Morgan fingerprint density at radius 3 is 2.40 bits per heavy atom. The summed E-state index contributed by atoms with van der Waals surface area (Å²) in [5.41, 5.74) is 2.55. The maximum absolute atomic E-state index is 11.9. The highest BCUT2D eigenvalue weighted by molar-refractivity contribution is 9.10. The van der Waals surface area contributed by atoms with Crippen molar-refractivity contribution in [1.82, 2.24) is 9.78 Å². The minimum atomic E-state index is -1.03. The molecule has 128 valence electrons. The van der Waals surface area contributed by atoms with Gasteiger partial charge in [-0.15, -0.1) is 0 Å². The molecule has 0 unspecified atom stereocenters. The number of carbonyl (C=O) groups is 1. The van der Waals surface area contributed by atoms with Crippen LogP contribution in [0.3, 0.4) is 0 Å². The Balaban J connectivity index is 2.26. The molecule has 0 atom stereocenters. The van der Waals surface area contributed by atoms with E-state index in [0.29, 0.717) is 33.4 Å². The highest BCUT2D eigenvalue weighted by Crippen LogP contribution is 2.32. The van der Waals surface area contributed by atoms with Crippen molar-refractivity contribution in [2.75, 3.05) is 0 Å². The lowest BCUT2D eigenvalue weighted by Crippen LogP contribution is -2.05. The number of aromatic nitrogens is 2. The van der Waals surface area contributed by atoms with E-state index < -0.39 is 5.97 Å². The smallest absolute Gasteiger partial charge is 0.339 e. The number of nitrogens with zero attached hydrogens (tertiary/aromatic N) is 2. The first-order valence-corrected chi connectivity index (χ1v) is 9.03. The van der Waals surface area contributed by atoms with Crippen molar-refractivity contribution in [2.45, 2.75) is 13.3 Å². The molecule has 3 rings (SSSR count). The molecule has 1 heterocycles. The van der Waals surface area contributed by atoms with Gasteiger partial charge in [-0.2, -0.15) is 5.10 Å². The number of carboxylic acids is 1. The van der Waals surface area contributed by atoms with Crippen LogP contribution in [0.25, 0.3) is 16.9 Å². The molecule has 0 fully saturated rings. The molecular formula is C18H13BrCl2N2O2. The van der Waals surface area contributed by atoms with E-state index in [0.717, 1.165) is 10.2 Å². The summed E-state index contributed by atoms with van der Waals surface area (Å²) in [4.78, 5) is 11.9. The van der Waals surface area contributed by atoms with Gasteiger partial charge in [-0.25, -0.2) is 9.48 Å². The Morgan fingerprint density at radius 1 is 1.16 bits per heavy atom. The molecule has 2 aromatic carbocycles. The molecule has 3 aromatic rings. The standard InChI is InChI=1S/C18H13BrCl2N2O2/c1-2-15-16(18(24)25)17(10-3-8-13(20)14(21)9-10)22-23(15)12-6-4-11(19)5-7-12/h3-9H,2H2,1H3,(H,24,25). The monoisotopic (exact) mass is 438 g/mol. The molecule has 0 saturated heterocycles. The molecule has 0 radical (unpaired) electrons. The molecule has 25 heavy (non-hydrogen) atoms. The van der Waals surface area contributed by atoms with E-state index in [2.05, 4.69) is 21.0 Å². The predicted molar refractivity (Wildman–Crippen MR) is 103 cm³/mol. The first-order chi connectivity index (χ1) is 11.9.